The molecule has 3 heteroatoms. The number of hydrogen-bond acceptors (Lipinski definition) is 3. The van der Waals surface area contributed by atoms with E-state index in [9.17, 15) is 0 Å². The third kappa shape index (κ3) is 4.00. The molecule has 1 rings (SSSR count). The maximum Gasteiger partial charge on any atom is 0.0640 e. The monoisotopic (exact) mass is 258 g/mol. The molecule has 0 aromatic carbocycles. The molecule has 0 saturated heterocycles. The summed E-state index contributed by atoms with van der Waals surface area (Å²) >= 11 is 1.56. The Morgan fingerprint density at radius 1 is 1.33 bits per heavy atom. The Morgan fingerprint density at radius 3 is 2.67 bits per heavy atom. The van der Waals surface area contributed by atoms with Gasteiger partial charge in [-0.3, -0.25) is 9.98 Å². The van der Waals surface area contributed by atoms with Gasteiger partial charge >= 0.3 is 0 Å². The van der Waals surface area contributed by atoms with Crippen LogP contribution in [-0.2, 0) is 0 Å². The summed E-state index contributed by atoms with van der Waals surface area (Å²) in [6.07, 6.45) is 12.2. The average molecular weight is 258 g/mol. The van der Waals surface area contributed by atoms with Crippen LogP contribution in [0.3, 0.4) is 0 Å². The minimum Gasteiger partial charge on any atom is -0.295 e. The summed E-state index contributed by atoms with van der Waals surface area (Å²) in [6.45, 7) is 5.74. The Morgan fingerprint density at radius 2 is 2.11 bits per heavy atom. The van der Waals surface area contributed by atoms with Crippen LogP contribution in [-0.4, -0.2) is 26.0 Å². The van der Waals surface area contributed by atoms with Gasteiger partial charge in [0.2, 0.25) is 0 Å². The number of hydrogen-bond donors (Lipinski definition) is 0. The Kier molecular flexibility index (Phi) is 6.15. The summed E-state index contributed by atoms with van der Waals surface area (Å²) in [7, 11) is 3.57. The molecule has 0 amide bonds. The predicted octanol–water partition coefficient (Wildman–Crippen LogP) is 3.96. The average Bonchev–Trinajstić information content (AvgIpc) is 2.39. The highest BCUT2D eigenvalue weighted by atomic mass is 32.2. The van der Waals surface area contributed by atoms with Gasteiger partial charge in [0.15, 0.2) is 0 Å². The largest absolute Gasteiger partial charge is 0.295 e. The van der Waals surface area contributed by atoms with Crippen molar-refractivity contribution in [1.29, 1.82) is 0 Å². The normalized spacial score (nSPS) is 20.8. The third-order valence-electron chi connectivity index (χ3n) is 2.39. The van der Waals surface area contributed by atoms with E-state index in [1.807, 2.05) is 19.2 Å². The smallest absolute Gasteiger partial charge is 0.0640 e. The Hall–Kier alpha value is -1.61. The van der Waals surface area contributed by atoms with Crippen LogP contribution in [0.5, 0.6) is 0 Å². The first-order chi connectivity index (χ1) is 8.74. The SMILES string of the molecule is C=CS/C(C=NC)=C\C1=CC(=C/C)/C(=NC)C=C1. The zero-order valence-electron chi connectivity index (χ0n) is 11.1. The lowest BCUT2D eigenvalue weighted by atomic mass is 9.99. The maximum absolute atomic E-state index is 4.23. The van der Waals surface area contributed by atoms with Gasteiger partial charge in [0.1, 0.15) is 0 Å². The molecule has 2 nitrogen and oxygen atoms in total. The van der Waals surface area contributed by atoms with Crippen molar-refractivity contribution in [3.8, 4) is 0 Å². The van der Waals surface area contributed by atoms with Crippen molar-refractivity contribution in [3.05, 3.63) is 58.4 Å². The Bertz CT molecular complexity index is 489. The van der Waals surface area contributed by atoms with E-state index in [-0.39, 0.29) is 0 Å². The molecule has 0 heterocycles. The summed E-state index contributed by atoms with van der Waals surface area (Å²) in [4.78, 5) is 9.34. The zero-order valence-corrected chi connectivity index (χ0v) is 11.9. The van der Waals surface area contributed by atoms with Crippen molar-refractivity contribution in [1.82, 2.24) is 0 Å². The van der Waals surface area contributed by atoms with Crippen molar-refractivity contribution in [3.63, 3.8) is 0 Å². The van der Waals surface area contributed by atoms with E-state index in [1.165, 1.54) is 0 Å². The predicted molar refractivity (Wildman–Crippen MR) is 84.6 cm³/mol. The zero-order chi connectivity index (χ0) is 13.4. The Labute approximate surface area is 113 Å². The van der Waals surface area contributed by atoms with Gasteiger partial charge in [0.25, 0.3) is 0 Å². The first kappa shape index (κ1) is 14.5. The molecule has 18 heavy (non-hydrogen) atoms. The van der Waals surface area contributed by atoms with Crippen LogP contribution in [0.4, 0.5) is 0 Å². The highest BCUT2D eigenvalue weighted by molar-refractivity contribution is 8.06. The van der Waals surface area contributed by atoms with E-state index in [0.717, 1.165) is 21.8 Å². The number of thioether (sulfide) groups is 1. The van der Waals surface area contributed by atoms with Crippen LogP contribution in [0.1, 0.15) is 6.92 Å². The fourth-order valence-corrected chi connectivity index (χ4v) is 2.15. The van der Waals surface area contributed by atoms with Gasteiger partial charge in [-0.05, 0) is 41.7 Å². The van der Waals surface area contributed by atoms with Gasteiger partial charge in [-0.25, -0.2) is 0 Å². The van der Waals surface area contributed by atoms with Crippen LogP contribution in [0.25, 0.3) is 0 Å². The first-order valence-corrected chi connectivity index (χ1v) is 6.57. The molecular weight excluding hydrogens is 240 g/mol. The second-order valence-corrected chi connectivity index (χ2v) is 4.59. The van der Waals surface area contributed by atoms with E-state index in [1.54, 1.807) is 31.3 Å². The third-order valence-corrected chi connectivity index (χ3v) is 3.05. The van der Waals surface area contributed by atoms with Gasteiger partial charge in [0.05, 0.1) is 5.71 Å². The summed E-state index contributed by atoms with van der Waals surface area (Å²) in [5.41, 5.74) is 3.29. The van der Waals surface area contributed by atoms with E-state index in [0.29, 0.717) is 0 Å². The van der Waals surface area contributed by atoms with E-state index in [2.05, 4.69) is 40.9 Å². The molecule has 0 aromatic heterocycles. The fraction of sp³-hybridized carbons (Fsp3) is 0.200. The van der Waals surface area contributed by atoms with Gasteiger partial charge in [-0.1, -0.05) is 30.5 Å². The quantitative estimate of drug-likeness (QED) is 0.700. The van der Waals surface area contributed by atoms with E-state index < -0.39 is 0 Å². The highest BCUT2D eigenvalue weighted by Gasteiger charge is 2.06. The van der Waals surface area contributed by atoms with Crippen LogP contribution in [0, 0.1) is 0 Å². The molecule has 0 unspecified atom stereocenters. The second-order valence-electron chi connectivity index (χ2n) is 3.55. The molecule has 0 spiro atoms. The molecule has 0 fully saturated rings. The lowest BCUT2D eigenvalue weighted by Crippen LogP contribution is -2.01. The number of rotatable bonds is 4. The van der Waals surface area contributed by atoms with Crippen molar-refractivity contribution in [2.45, 2.75) is 6.92 Å². The fourth-order valence-electron chi connectivity index (χ4n) is 1.59. The van der Waals surface area contributed by atoms with Crippen molar-refractivity contribution in [2.75, 3.05) is 14.1 Å². The minimum atomic E-state index is 1.01. The molecule has 94 valence electrons. The van der Waals surface area contributed by atoms with Crippen LogP contribution < -0.4 is 0 Å². The second kappa shape index (κ2) is 7.67. The lowest BCUT2D eigenvalue weighted by molar-refractivity contribution is 1.42. The maximum atomic E-state index is 4.23. The number of aliphatic imine (C=N–C) groups is 2. The molecule has 0 N–H and O–H groups in total. The van der Waals surface area contributed by atoms with Crippen LogP contribution in [0.2, 0.25) is 0 Å². The Balaban J connectivity index is 3.04. The molecule has 1 aliphatic carbocycles. The molecule has 0 atom stereocenters. The minimum absolute atomic E-state index is 1.01. The standard InChI is InChI=1S/C15H18N2S/c1-5-13-9-12(7-8-15(13)17-4)10-14(11-16-3)18-6-2/h5-11H,2H2,1,3-4H3/b13-5-,14-10-,16-11?,17-15?. The number of allylic oxidation sites excluding steroid dienone is 8. The summed E-state index contributed by atoms with van der Waals surface area (Å²) < 4.78 is 0. The van der Waals surface area contributed by atoms with Gasteiger partial charge in [0, 0.05) is 25.2 Å². The molecule has 1 aliphatic rings. The molecular formula is C15H18N2S. The van der Waals surface area contributed by atoms with Gasteiger partial charge in [-0.2, -0.15) is 0 Å². The van der Waals surface area contributed by atoms with Crippen molar-refractivity contribution >= 4 is 23.7 Å². The van der Waals surface area contributed by atoms with E-state index in [4.69, 9.17) is 0 Å². The molecule has 0 aromatic rings. The summed E-state index contributed by atoms with van der Waals surface area (Å²) in [6, 6.07) is 0. The topological polar surface area (TPSA) is 24.7 Å². The van der Waals surface area contributed by atoms with E-state index >= 15 is 0 Å². The molecule has 0 bridgehead atoms. The van der Waals surface area contributed by atoms with Crippen LogP contribution >= 0.6 is 11.8 Å². The summed E-state index contributed by atoms with van der Waals surface area (Å²) in [5, 5.41) is 1.80. The van der Waals surface area contributed by atoms with Gasteiger partial charge < -0.3 is 0 Å². The van der Waals surface area contributed by atoms with Crippen LogP contribution in [0.15, 0.2) is 68.4 Å². The highest BCUT2D eigenvalue weighted by Crippen LogP contribution is 2.21. The first-order valence-electron chi connectivity index (χ1n) is 5.69. The molecule has 0 aliphatic heterocycles. The number of nitrogens with zero attached hydrogens (tertiary/aromatic N) is 2. The van der Waals surface area contributed by atoms with Crippen molar-refractivity contribution in [2.24, 2.45) is 9.98 Å². The summed E-state index contributed by atoms with van der Waals surface area (Å²) in [5.74, 6) is 0. The van der Waals surface area contributed by atoms with Crippen molar-refractivity contribution < 1.29 is 0 Å². The molecule has 0 radical (unpaired) electrons. The molecule has 0 saturated carbocycles. The lowest BCUT2D eigenvalue weighted by Gasteiger charge is -2.09. The van der Waals surface area contributed by atoms with Gasteiger partial charge in [-0.15, -0.1) is 0 Å².